The van der Waals surface area contributed by atoms with Crippen molar-refractivity contribution < 1.29 is 9.72 Å². The molecule has 0 bridgehead atoms. The maximum absolute atomic E-state index is 11.7. The number of nitrogens with zero attached hydrogens (tertiary/aromatic N) is 1. The van der Waals surface area contributed by atoms with Crippen molar-refractivity contribution in [3.05, 3.63) is 33.9 Å². The van der Waals surface area contributed by atoms with Crippen molar-refractivity contribution >= 4 is 17.3 Å². The van der Waals surface area contributed by atoms with E-state index in [-0.39, 0.29) is 28.9 Å². The summed E-state index contributed by atoms with van der Waals surface area (Å²) >= 11 is 0. The number of amides is 1. The summed E-state index contributed by atoms with van der Waals surface area (Å²) in [5.74, 6) is -0.361. The molecule has 98 valence electrons. The van der Waals surface area contributed by atoms with Gasteiger partial charge in [0.2, 0.25) is 0 Å². The molecule has 0 saturated carbocycles. The van der Waals surface area contributed by atoms with Crippen LogP contribution in [-0.2, 0) is 0 Å². The van der Waals surface area contributed by atoms with Gasteiger partial charge >= 0.3 is 0 Å². The molecule has 1 amide bonds. The van der Waals surface area contributed by atoms with E-state index in [1.54, 1.807) is 7.05 Å². The van der Waals surface area contributed by atoms with Crippen molar-refractivity contribution in [2.75, 3.05) is 19.3 Å². The van der Waals surface area contributed by atoms with Gasteiger partial charge in [-0.25, -0.2) is 0 Å². The van der Waals surface area contributed by atoms with Crippen LogP contribution < -0.4 is 16.4 Å². The van der Waals surface area contributed by atoms with Gasteiger partial charge in [0.1, 0.15) is 5.69 Å². The highest BCUT2D eigenvalue weighted by atomic mass is 16.6. The Bertz CT molecular complexity index is 462. The summed E-state index contributed by atoms with van der Waals surface area (Å²) < 4.78 is 0. The Morgan fingerprint density at radius 1 is 1.56 bits per heavy atom. The molecular weight excluding hydrogens is 236 g/mol. The van der Waals surface area contributed by atoms with Crippen LogP contribution in [0.25, 0.3) is 0 Å². The van der Waals surface area contributed by atoms with Gasteiger partial charge in [-0.05, 0) is 26.1 Å². The Kier molecular flexibility index (Phi) is 4.61. The molecule has 0 radical (unpaired) electrons. The van der Waals surface area contributed by atoms with Gasteiger partial charge in [0, 0.05) is 24.2 Å². The molecule has 0 aliphatic carbocycles. The van der Waals surface area contributed by atoms with E-state index in [4.69, 9.17) is 5.73 Å². The topological polar surface area (TPSA) is 110 Å². The number of hydrogen-bond acceptors (Lipinski definition) is 5. The second-order valence-corrected chi connectivity index (χ2v) is 3.93. The standard InChI is InChI=1S/C11H16N4O3/c1-7(13-2)6-14-11(16)8-3-4-9(12)10(5-8)15(17)18/h3-5,7,13H,6,12H2,1-2H3,(H,14,16). The fourth-order valence-electron chi connectivity index (χ4n) is 1.29. The number of rotatable bonds is 5. The third-order valence-corrected chi connectivity index (χ3v) is 2.55. The van der Waals surface area contributed by atoms with Crippen molar-refractivity contribution in [1.82, 2.24) is 10.6 Å². The summed E-state index contributed by atoms with van der Waals surface area (Å²) in [6.45, 7) is 2.35. The zero-order valence-corrected chi connectivity index (χ0v) is 10.3. The van der Waals surface area contributed by atoms with Crippen LogP contribution in [0.15, 0.2) is 18.2 Å². The zero-order valence-electron chi connectivity index (χ0n) is 10.3. The fraction of sp³-hybridized carbons (Fsp3) is 0.364. The van der Waals surface area contributed by atoms with E-state index in [1.165, 1.54) is 18.2 Å². The fourth-order valence-corrected chi connectivity index (χ4v) is 1.29. The molecule has 0 aliphatic heterocycles. The highest BCUT2D eigenvalue weighted by molar-refractivity contribution is 5.95. The van der Waals surface area contributed by atoms with Crippen LogP contribution >= 0.6 is 0 Å². The van der Waals surface area contributed by atoms with Gasteiger partial charge in [-0.3, -0.25) is 14.9 Å². The van der Waals surface area contributed by atoms with E-state index >= 15 is 0 Å². The lowest BCUT2D eigenvalue weighted by Crippen LogP contribution is -2.37. The molecule has 1 rings (SSSR count). The number of nitro groups is 1. The minimum Gasteiger partial charge on any atom is -0.393 e. The highest BCUT2D eigenvalue weighted by Crippen LogP contribution is 2.22. The minimum absolute atomic E-state index is 0.0418. The first-order valence-electron chi connectivity index (χ1n) is 5.45. The molecule has 1 unspecified atom stereocenters. The summed E-state index contributed by atoms with van der Waals surface area (Å²) in [4.78, 5) is 21.8. The molecule has 7 heteroatoms. The van der Waals surface area contributed by atoms with Gasteiger partial charge in [0.15, 0.2) is 0 Å². The number of carbonyl (C=O) groups excluding carboxylic acids is 1. The number of hydrogen-bond donors (Lipinski definition) is 3. The van der Waals surface area contributed by atoms with E-state index in [0.717, 1.165) is 0 Å². The number of nitro benzene ring substituents is 1. The van der Waals surface area contributed by atoms with Gasteiger partial charge < -0.3 is 16.4 Å². The molecule has 1 atom stereocenters. The molecule has 0 aliphatic rings. The molecule has 0 heterocycles. The average molecular weight is 252 g/mol. The van der Waals surface area contributed by atoms with Crippen LogP contribution in [0.4, 0.5) is 11.4 Å². The van der Waals surface area contributed by atoms with Crippen molar-refractivity contribution in [1.29, 1.82) is 0 Å². The van der Waals surface area contributed by atoms with Crippen LogP contribution in [0, 0.1) is 10.1 Å². The van der Waals surface area contributed by atoms with Crippen LogP contribution in [0.5, 0.6) is 0 Å². The molecule has 7 nitrogen and oxygen atoms in total. The lowest BCUT2D eigenvalue weighted by Gasteiger charge is -2.11. The van der Waals surface area contributed by atoms with Gasteiger partial charge in [-0.2, -0.15) is 0 Å². The first-order chi connectivity index (χ1) is 8.45. The summed E-state index contributed by atoms with van der Waals surface area (Å²) in [6, 6.07) is 4.11. The Labute approximate surface area is 105 Å². The number of nitrogens with two attached hydrogens (primary N) is 1. The first kappa shape index (κ1) is 13.9. The van der Waals surface area contributed by atoms with E-state index in [0.29, 0.717) is 6.54 Å². The van der Waals surface area contributed by atoms with Crippen molar-refractivity contribution in [2.45, 2.75) is 13.0 Å². The SMILES string of the molecule is CNC(C)CNC(=O)c1ccc(N)c([N+](=O)[O-])c1. The number of carbonyl (C=O) groups is 1. The smallest absolute Gasteiger partial charge is 0.292 e. The van der Waals surface area contributed by atoms with Crippen molar-refractivity contribution in [3.8, 4) is 0 Å². The molecule has 1 aromatic rings. The first-order valence-corrected chi connectivity index (χ1v) is 5.45. The normalized spacial score (nSPS) is 11.9. The lowest BCUT2D eigenvalue weighted by atomic mass is 10.1. The highest BCUT2D eigenvalue weighted by Gasteiger charge is 2.15. The quantitative estimate of drug-likeness (QED) is 0.402. The Morgan fingerprint density at radius 2 is 2.22 bits per heavy atom. The van der Waals surface area contributed by atoms with Gasteiger partial charge in [-0.1, -0.05) is 0 Å². The van der Waals surface area contributed by atoms with Gasteiger partial charge in [0.25, 0.3) is 11.6 Å². The lowest BCUT2D eigenvalue weighted by molar-refractivity contribution is -0.383. The summed E-state index contributed by atoms with van der Waals surface area (Å²) in [5.41, 5.74) is 5.45. The number of nitrogens with one attached hydrogen (secondary N) is 2. The largest absolute Gasteiger partial charge is 0.393 e. The van der Waals surface area contributed by atoms with E-state index in [1.807, 2.05) is 6.92 Å². The molecule has 18 heavy (non-hydrogen) atoms. The molecule has 0 fully saturated rings. The van der Waals surface area contributed by atoms with Crippen LogP contribution in [0.3, 0.4) is 0 Å². The molecule has 4 N–H and O–H groups in total. The summed E-state index contributed by atoms with van der Waals surface area (Å²) in [6.07, 6.45) is 0. The summed E-state index contributed by atoms with van der Waals surface area (Å²) in [7, 11) is 1.78. The number of nitrogen functional groups attached to an aromatic ring is 1. The van der Waals surface area contributed by atoms with Gasteiger partial charge in [0.05, 0.1) is 4.92 Å². The molecule has 0 saturated heterocycles. The maximum Gasteiger partial charge on any atom is 0.292 e. The zero-order chi connectivity index (χ0) is 13.7. The van der Waals surface area contributed by atoms with Crippen LogP contribution in [0.1, 0.15) is 17.3 Å². The third-order valence-electron chi connectivity index (χ3n) is 2.55. The monoisotopic (exact) mass is 252 g/mol. The second-order valence-electron chi connectivity index (χ2n) is 3.93. The van der Waals surface area contributed by atoms with Crippen molar-refractivity contribution in [2.24, 2.45) is 0 Å². The molecular formula is C11H16N4O3. The molecule has 1 aromatic carbocycles. The number of likely N-dealkylation sites (N-methyl/N-ethyl adjacent to an activating group) is 1. The van der Waals surface area contributed by atoms with Crippen molar-refractivity contribution in [3.63, 3.8) is 0 Å². The minimum atomic E-state index is -0.609. The predicted octanol–water partition coefficient (Wildman–Crippen LogP) is 0.515. The number of benzene rings is 1. The Balaban J connectivity index is 2.80. The van der Waals surface area contributed by atoms with Crippen LogP contribution in [-0.4, -0.2) is 30.5 Å². The molecule has 0 spiro atoms. The van der Waals surface area contributed by atoms with E-state index in [9.17, 15) is 14.9 Å². The molecule has 0 aromatic heterocycles. The van der Waals surface area contributed by atoms with Gasteiger partial charge in [-0.15, -0.1) is 0 Å². The average Bonchev–Trinajstić information content (AvgIpc) is 2.35. The maximum atomic E-state index is 11.7. The van der Waals surface area contributed by atoms with Crippen LogP contribution in [0.2, 0.25) is 0 Å². The van der Waals surface area contributed by atoms with E-state index in [2.05, 4.69) is 10.6 Å². The predicted molar refractivity (Wildman–Crippen MR) is 68.4 cm³/mol. The third kappa shape index (κ3) is 3.42. The Morgan fingerprint density at radius 3 is 2.78 bits per heavy atom. The Hall–Kier alpha value is -2.15. The second kappa shape index (κ2) is 5.97. The number of anilines is 1. The van der Waals surface area contributed by atoms with E-state index < -0.39 is 4.92 Å². The summed E-state index contributed by atoms with van der Waals surface area (Å²) in [5, 5.41) is 16.3.